The summed E-state index contributed by atoms with van der Waals surface area (Å²) < 4.78 is 19.8. The Hall–Kier alpha value is -3.44. The van der Waals surface area contributed by atoms with E-state index in [1.165, 1.54) is 25.2 Å². The van der Waals surface area contributed by atoms with Crippen LogP contribution >= 0.6 is 11.3 Å². The minimum Gasteiger partial charge on any atom is -0.494 e. The zero-order chi connectivity index (χ0) is 29.3. The molecule has 10 nitrogen and oxygen atoms in total. The number of aliphatic carboxylic acids is 1. The van der Waals surface area contributed by atoms with E-state index in [1.54, 1.807) is 11.5 Å². The number of carboxylic acid groups (broad SMARTS) is 1. The molecule has 4 heterocycles. The van der Waals surface area contributed by atoms with Crippen LogP contribution in [0.4, 0.5) is 0 Å². The van der Waals surface area contributed by atoms with Crippen LogP contribution in [-0.2, 0) is 26.4 Å². The Morgan fingerprint density at radius 1 is 1.22 bits per heavy atom. The fraction of sp³-hybridized carbons (Fsp3) is 0.533. The number of ether oxygens (including phenoxy) is 3. The summed E-state index contributed by atoms with van der Waals surface area (Å²) in [6.07, 6.45) is 2.63. The summed E-state index contributed by atoms with van der Waals surface area (Å²) in [7, 11) is 0. The first-order valence-electron chi connectivity index (χ1n) is 14.1. The average Bonchev–Trinajstić information content (AvgIpc) is 3.59. The Kier molecular flexibility index (Phi) is 8.37. The average molecular weight is 584 g/mol. The third-order valence-electron chi connectivity index (χ3n) is 8.09. The van der Waals surface area contributed by atoms with Gasteiger partial charge in [-0.1, -0.05) is 18.2 Å². The van der Waals surface area contributed by atoms with Gasteiger partial charge < -0.3 is 19.3 Å². The number of thiophene rings is 1. The van der Waals surface area contributed by atoms with Crippen molar-refractivity contribution in [1.82, 2.24) is 9.13 Å². The van der Waals surface area contributed by atoms with E-state index < -0.39 is 22.8 Å². The molecule has 0 saturated carbocycles. The lowest BCUT2D eigenvalue weighted by atomic mass is 9.84. The molecule has 220 valence electrons. The topological polar surface area (TPSA) is 121 Å². The van der Waals surface area contributed by atoms with E-state index in [0.29, 0.717) is 65.4 Å². The molecule has 0 radical (unpaired) electrons. The molecule has 0 unspecified atom stereocenters. The third kappa shape index (κ3) is 5.44. The molecular weight excluding hydrogens is 546 g/mol. The molecule has 0 spiro atoms. The van der Waals surface area contributed by atoms with Gasteiger partial charge in [-0.15, -0.1) is 11.3 Å². The minimum atomic E-state index is -1.76. The maximum absolute atomic E-state index is 14.2. The molecule has 0 amide bonds. The molecule has 0 bridgehead atoms. The lowest BCUT2D eigenvalue weighted by Crippen LogP contribution is -2.52. The van der Waals surface area contributed by atoms with Crippen molar-refractivity contribution in [3.05, 3.63) is 61.1 Å². The molecule has 1 fully saturated rings. The number of nitrogens with zero attached hydrogens (tertiary/aromatic N) is 3. The van der Waals surface area contributed by atoms with Crippen LogP contribution in [0.15, 0.2) is 38.8 Å². The van der Waals surface area contributed by atoms with Crippen LogP contribution in [0.3, 0.4) is 0 Å². The van der Waals surface area contributed by atoms with E-state index in [2.05, 4.69) is 4.99 Å². The maximum Gasteiger partial charge on any atom is 0.333 e. The number of aryl methyl sites for hydroxylation is 1. The van der Waals surface area contributed by atoms with E-state index in [0.717, 1.165) is 35.1 Å². The summed E-state index contributed by atoms with van der Waals surface area (Å²) in [6.45, 7) is 9.61. The van der Waals surface area contributed by atoms with Gasteiger partial charge in [0.2, 0.25) is 5.90 Å². The number of aliphatic imine (C=N–C) groups is 1. The Bertz CT molecular complexity index is 1590. The van der Waals surface area contributed by atoms with Gasteiger partial charge >= 0.3 is 11.7 Å². The second kappa shape index (κ2) is 11.8. The summed E-state index contributed by atoms with van der Waals surface area (Å²) in [5.74, 6) is 0.197. The quantitative estimate of drug-likeness (QED) is 0.381. The largest absolute Gasteiger partial charge is 0.494 e. The van der Waals surface area contributed by atoms with Gasteiger partial charge in [0.1, 0.15) is 22.7 Å². The number of carbonyl (C=O) groups is 1. The van der Waals surface area contributed by atoms with Gasteiger partial charge in [-0.05, 0) is 70.1 Å². The Balaban J connectivity index is 1.74. The summed E-state index contributed by atoms with van der Waals surface area (Å²) in [5.41, 5.74) is -1.42. The van der Waals surface area contributed by atoms with E-state index in [9.17, 15) is 19.5 Å². The zero-order valence-corrected chi connectivity index (χ0v) is 24.8. The number of para-hydroxylation sites is 1. The summed E-state index contributed by atoms with van der Waals surface area (Å²) in [5, 5.41) is 10.4. The standard InChI is InChI=1S/C30H37N3O7S/c1-5-39-22-9-7-6-8-21(22)20(16-19-10-13-38-14-11-19)17-32-27-23(18(2)24(41-27)25-31-12-15-40-25)26(34)33(29(32)37)30(3,4)28(35)36/h6-9,19-20H,5,10-17H2,1-4H3,(H,35,36)/t20-/m0/s1. The van der Waals surface area contributed by atoms with Crippen LogP contribution in [0.25, 0.3) is 10.2 Å². The van der Waals surface area contributed by atoms with E-state index in [1.807, 2.05) is 31.2 Å². The van der Waals surface area contributed by atoms with E-state index in [-0.39, 0.29) is 12.5 Å². The molecule has 1 atom stereocenters. The van der Waals surface area contributed by atoms with Gasteiger partial charge in [0.15, 0.2) is 0 Å². The molecule has 41 heavy (non-hydrogen) atoms. The highest BCUT2D eigenvalue weighted by Gasteiger charge is 2.36. The van der Waals surface area contributed by atoms with Crippen LogP contribution in [-0.4, -0.2) is 59.1 Å². The molecule has 0 aliphatic carbocycles. The van der Waals surface area contributed by atoms with Crippen molar-refractivity contribution in [2.75, 3.05) is 33.0 Å². The zero-order valence-electron chi connectivity index (χ0n) is 24.0. The molecule has 2 aromatic heterocycles. The lowest BCUT2D eigenvalue weighted by Gasteiger charge is -2.29. The van der Waals surface area contributed by atoms with Crippen molar-refractivity contribution < 1.29 is 24.1 Å². The monoisotopic (exact) mass is 583 g/mol. The predicted molar refractivity (Wildman–Crippen MR) is 158 cm³/mol. The Morgan fingerprint density at radius 2 is 1.95 bits per heavy atom. The predicted octanol–water partition coefficient (Wildman–Crippen LogP) is 4.13. The highest BCUT2D eigenvalue weighted by atomic mass is 32.1. The van der Waals surface area contributed by atoms with Gasteiger partial charge in [0.25, 0.3) is 5.56 Å². The number of hydrogen-bond donors (Lipinski definition) is 1. The van der Waals surface area contributed by atoms with Crippen molar-refractivity contribution in [3.63, 3.8) is 0 Å². The number of benzene rings is 1. The molecule has 2 aliphatic heterocycles. The SMILES string of the molecule is CCOc1ccccc1[C@@H](CC1CCOCC1)Cn1c(=O)n(C(C)(C)C(=O)O)c(=O)c2c(C)c(C3=NCCO3)sc21. The first-order chi connectivity index (χ1) is 19.6. The molecule has 1 saturated heterocycles. The minimum absolute atomic E-state index is 0.133. The second-order valence-electron chi connectivity index (χ2n) is 11.1. The van der Waals surface area contributed by atoms with Crippen molar-refractivity contribution in [1.29, 1.82) is 0 Å². The van der Waals surface area contributed by atoms with Gasteiger partial charge in [-0.2, -0.15) is 0 Å². The molecule has 1 aromatic carbocycles. The first kappa shape index (κ1) is 29.1. The van der Waals surface area contributed by atoms with E-state index in [4.69, 9.17) is 14.2 Å². The summed E-state index contributed by atoms with van der Waals surface area (Å²) in [6, 6.07) is 7.86. The van der Waals surface area contributed by atoms with Crippen LogP contribution in [0, 0.1) is 12.8 Å². The summed E-state index contributed by atoms with van der Waals surface area (Å²) in [4.78, 5) is 46.1. The fourth-order valence-electron chi connectivity index (χ4n) is 5.78. The van der Waals surface area contributed by atoms with Gasteiger partial charge in [0.05, 0.1) is 23.4 Å². The normalized spacial score (nSPS) is 16.9. The van der Waals surface area contributed by atoms with Crippen LogP contribution < -0.4 is 16.0 Å². The van der Waals surface area contributed by atoms with Crippen molar-refractivity contribution in [2.24, 2.45) is 10.9 Å². The fourth-order valence-corrected chi connectivity index (χ4v) is 7.05. The van der Waals surface area contributed by atoms with Crippen molar-refractivity contribution in [3.8, 4) is 5.75 Å². The van der Waals surface area contributed by atoms with Crippen molar-refractivity contribution in [2.45, 2.75) is 65.0 Å². The number of fused-ring (bicyclic) bond motifs is 1. The molecule has 1 N–H and O–H groups in total. The molecule has 3 aromatic rings. The molecular formula is C30H37N3O7S. The van der Waals surface area contributed by atoms with Crippen molar-refractivity contribution >= 4 is 33.4 Å². The van der Waals surface area contributed by atoms with Crippen LogP contribution in [0.1, 0.15) is 62.0 Å². The van der Waals surface area contributed by atoms with Crippen LogP contribution in [0.5, 0.6) is 5.75 Å². The highest BCUT2D eigenvalue weighted by Crippen LogP contribution is 2.37. The number of aromatic nitrogens is 2. The smallest absolute Gasteiger partial charge is 0.333 e. The van der Waals surface area contributed by atoms with Gasteiger partial charge in [-0.25, -0.2) is 19.1 Å². The first-order valence-corrected chi connectivity index (χ1v) is 15.0. The molecule has 11 heteroatoms. The maximum atomic E-state index is 14.2. The number of hydrogen-bond acceptors (Lipinski definition) is 8. The van der Waals surface area contributed by atoms with Gasteiger partial charge in [-0.3, -0.25) is 9.36 Å². The van der Waals surface area contributed by atoms with Gasteiger partial charge in [0, 0.05) is 25.7 Å². The van der Waals surface area contributed by atoms with E-state index >= 15 is 0 Å². The number of rotatable bonds is 10. The lowest BCUT2D eigenvalue weighted by molar-refractivity contribution is -0.146. The second-order valence-corrected chi connectivity index (χ2v) is 12.1. The summed E-state index contributed by atoms with van der Waals surface area (Å²) >= 11 is 1.30. The van der Waals surface area contributed by atoms with Crippen LogP contribution in [0.2, 0.25) is 0 Å². The molecule has 2 aliphatic rings. The Labute approximate surface area is 242 Å². The third-order valence-corrected chi connectivity index (χ3v) is 9.40. The Morgan fingerprint density at radius 3 is 2.61 bits per heavy atom. The molecule has 5 rings (SSSR count). The highest BCUT2D eigenvalue weighted by molar-refractivity contribution is 7.20. The number of carboxylic acids is 1.